The Balaban J connectivity index is 1.84. The van der Waals surface area contributed by atoms with Crippen LogP contribution in [0.5, 0.6) is 0 Å². The molecule has 0 aromatic carbocycles. The van der Waals surface area contributed by atoms with E-state index in [1.165, 1.54) is 0 Å². The van der Waals surface area contributed by atoms with Crippen molar-refractivity contribution < 1.29 is 29.0 Å². The van der Waals surface area contributed by atoms with Crippen molar-refractivity contribution >= 4 is 17.7 Å². The van der Waals surface area contributed by atoms with Crippen molar-refractivity contribution in [1.29, 1.82) is 0 Å². The molecule has 3 rings (SSSR count). The summed E-state index contributed by atoms with van der Waals surface area (Å²) in [5.74, 6) is -0.603. The molecule has 1 saturated heterocycles. The van der Waals surface area contributed by atoms with Gasteiger partial charge < -0.3 is 14.6 Å². The van der Waals surface area contributed by atoms with E-state index in [2.05, 4.69) is 13.8 Å². The fourth-order valence-electron chi connectivity index (χ4n) is 5.59. The van der Waals surface area contributed by atoms with Gasteiger partial charge in [0, 0.05) is 18.3 Å². The number of fused-ring (bicyclic) bond motifs is 1. The molecule has 0 radical (unpaired) electrons. The molecule has 6 heteroatoms. The zero-order valence-corrected chi connectivity index (χ0v) is 20.5. The van der Waals surface area contributed by atoms with Gasteiger partial charge in [-0.15, -0.1) is 0 Å². The summed E-state index contributed by atoms with van der Waals surface area (Å²) in [7, 11) is 0. The molecule has 0 spiro atoms. The van der Waals surface area contributed by atoms with Gasteiger partial charge in [0.1, 0.15) is 12.2 Å². The molecule has 2 aliphatic carbocycles. The van der Waals surface area contributed by atoms with E-state index in [9.17, 15) is 19.5 Å². The third-order valence-corrected chi connectivity index (χ3v) is 7.90. The minimum atomic E-state index is -0.664. The molecule has 0 unspecified atom stereocenters. The quantitative estimate of drug-likeness (QED) is 0.607. The molecule has 180 valence electrons. The number of rotatable bonds is 6. The van der Waals surface area contributed by atoms with Crippen LogP contribution < -0.4 is 0 Å². The molecule has 2 fully saturated rings. The Morgan fingerprint density at radius 2 is 1.97 bits per heavy atom. The van der Waals surface area contributed by atoms with Crippen molar-refractivity contribution in [3.63, 3.8) is 0 Å². The van der Waals surface area contributed by atoms with Crippen LogP contribution >= 0.6 is 0 Å². The number of carbonyl (C=O) groups excluding carboxylic acids is 3. The molecule has 1 heterocycles. The van der Waals surface area contributed by atoms with Crippen molar-refractivity contribution in [1.82, 2.24) is 0 Å². The van der Waals surface area contributed by atoms with Crippen LogP contribution in [-0.2, 0) is 23.9 Å². The lowest BCUT2D eigenvalue weighted by Gasteiger charge is -2.48. The van der Waals surface area contributed by atoms with Gasteiger partial charge >= 0.3 is 11.9 Å². The molecule has 1 saturated carbocycles. The molecule has 3 aliphatic rings. The van der Waals surface area contributed by atoms with Crippen LogP contribution in [0.25, 0.3) is 0 Å². The molecule has 1 aliphatic heterocycles. The Labute approximate surface area is 192 Å². The van der Waals surface area contributed by atoms with Crippen LogP contribution in [0.4, 0.5) is 0 Å². The number of aliphatic hydroxyl groups excluding tert-OH is 1. The first-order valence-corrected chi connectivity index (χ1v) is 12.2. The van der Waals surface area contributed by atoms with E-state index >= 15 is 0 Å². The maximum Gasteiger partial charge on any atom is 0.311 e. The van der Waals surface area contributed by atoms with Gasteiger partial charge in [0.2, 0.25) is 0 Å². The number of ketones is 1. The Morgan fingerprint density at radius 1 is 1.28 bits per heavy atom. The minimum Gasteiger partial charge on any atom is -0.462 e. The average molecular weight is 449 g/mol. The first-order chi connectivity index (χ1) is 14.8. The molecule has 1 N–H and O–H groups in total. The van der Waals surface area contributed by atoms with Gasteiger partial charge in [-0.25, -0.2) is 0 Å². The lowest BCUT2D eigenvalue weighted by molar-refractivity contribution is -0.168. The summed E-state index contributed by atoms with van der Waals surface area (Å²) in [6, 6.07) is 0. The lowest BCUT2D eigenvalue weighted by Crippen LogP contribution is -2.48. The van der Waals surface area contributed by atoms with Crippen LogP contribution in [0.2, 0.25) is 0 Å². The van der Waals surface area contributed by atoms with Crippen LogP contribution in [0.1, 0.15) is 86.5 Å². The summed E-state index contributed by atoms with van der Waals surface area (Å²) < 4.78 is 11.6. The van der Waals surface area contributed by atoms with E-state index in [1.807, 2.05) is 27.7 Å². The standard InChI is InChI=1S/C26H40O6/c1-7-26(5,6)24(30)32-21-14-25(3,4)13-16-10-20(28)15(2)19(23(16)21)9-8-18-11-17(27)12-22(29)31-18/h10,15,17-19,21,23,27H,7-9,11-14H2,1-6H3/t15-,17-,18-,19+,21+,23+/m1/s1. The molecule has 0 amide bonds. The van der Waals surface area contributed by atoms with Gasteiger partial charge in [-0.3, -0.25) is 14.4 Å². The molecule has 32 heavy (non-hydrogen) atoms. The number of esters is 2. The molecular formula is C26H40O6. The Hall–Kier alpha value is -1.69. The summed E-state index contributed by atoms with van der Waals surface area (Å²) >= 11 is 0. The fraction of sp³-hybridized carbons (Fsp3) is 0.808. The average Bonchev–Trinajstić information content (AvgIpc) is 2.67. The van der Waals surface area contributed by atoms with Gasteiger partial charge in [-0.1, -0.05) is 33.3 Å². The highest BCUT2D eigenvalue weighted by molar-refractivity contribution is 5.93. The second-order valence-corrected chi connectivity index (χ2v) is 11.6. The van der Waals surface area contributed by atoms with E-state index in [0.29, 0.717) is 25.7 Å². The third kappa shape index (κ3) is 5.44. The third-order valence-electron chi connectivity index (χ3n) is 7.90. The molecule has 6 atom stereocenters. The van der Waals surface area contributed by atoms with Crippen molar-refractivity contribution in [2.75, 3.05) is 0 Å². The van der Waals surface area contributed by atoms with Gasteiger partial charge in [0.25, 0.3) is 0 Å². The van der Waals surface area contributed by atoms with E-state index in [0.717, 1.165) is 18.4 Å². The van der Waals surface area contributed by atoms with E-state index in [1.54, 1.807) is 6.08 Å². The SMILES string of the molecule is CCC(C)(C)C(=O)O[C@H]1CC(C)(C)CC2=CC(=O)[C@H](C)[C@H](CC[C@@H]3C[C@@H](O)CC(=O)O3)[C@H]21. The summed E-state index contributed by atoms with van der Waals surface area (Å²) in [6.07, 6.45) is 4.56. The van der Waals surface area contributed by atoms with Crippen molar-refractivity contribution in [3.8, 4) is 0 Å². The summed E-state index contributed by atoms with van der Waals surface area (Å²) in [5, 5.41) is 9.95. The fourth-order valence-corrected chi connectivity index (χ4v) is 5.59. The van der Waals surface area contributed by atoms with E-state index in [-0.39, 0.29) is 59.5 Å². The van der Waals surface area contributed by atoms with Crippen LogP contribution in [0, 0.1) is 28.6 Å². The van der Waals surface area contributed by atoms with Crippen molar-refractivity contribution in [3.05, 3.63) is 11.6 Å². The monoisotopic (exact) mass is 448 g/mol. The van der Waals surface area contributed by atoms with Gasteiger partial charge in [0.15, 0.2) is 5.78 Å². The minimum absolute atomic E-state index is 0.00320. The number of ether oxygens (including phenoxy) is 2. The highest BCUT2D eigenvalue weighted by Gasteiger charge is 2.49. The maximum atomic E-state index is 13.0. The predicted octanol–water partition coefficient (Wildman–Crippen LogP) is 4.38. The number of hydrogen-bond donors (Lipinski definition) is 1. The predicted molar refractivity (Wildman–Crippen MR) is 121 cm³/mol. The van der Waals surface area contributed by atoms with Crippen LogP contribution in [0.3, 0.4) is 0 Å². The van der Waals surface area contributed by atoms with Crippen molar-refractivity contribution in [2.24, 2.45) is 28.6 Å². The number of cyclic esters (lactones) is 1. The van der Waals surface area contributed by atoms with Gasteiger partial charge in [-0.05, 0) is 63.4 Å². The highest BCUT2D eigenvalue weighted by atomic mass is 16.6. The van der Waals surface area contributed by atoms with Gasteiger partial charge in [-0.2, -0.15) is 0 Å². The first-order valence-electron chi connectivity index (χ1n) is 12.2. The summed E-state index contributed by atoms with van der Waals surface area (Å²) in [6.45, 7) is 12.1. The normalized spacial score (nSPS) is 34.9. The molecule has 6 nitrogen and oxygen atoms in total. The topological polar surface area (TPSA) is 89.9 Å². The number of hydrogen-bond acceptors (Lipinski definition) is 6. The second-order valence-electron chi connectivity index (χ2n) is 11.6. The zero-order chi connectivity index (χ0) is 23.8. The van der Waals surface area contributed by atoms with Gasteiger partial charge in [0.05, 0.1) is 17.9 Å². The van der Waals surface area contributed by atoms with E-state index in [4.69, 9.17) is 9.47 Å². The van der Waals surface area contributed by atoms with Crippen LogP contribution in [0.15, 0.2) is 11.6 Å². The molecule has 0 aromatic heterocycles. The smallest absolute Gasteiger partial charge is 0.311 e. The Kier molecular flexibility index (Phi) is 7.23. The summed E-state index contributed by atoms with van der Waals surface area (Å²) in [5.41, 5.74) is 0.476. The molecular weight excluding hydrogens is 408 g/mol. The van der Waals surface area contributed by atoms with Crippen molar-refractivity contribution in [2.45, 2.75) is 105 Å². The Bertz CT molecular complexity index is 779. The summed E-state index contributed by atoms with van der Waals surface area (Å²) in [4.78, 5) is 37.6. The molecule has 0 bridgehead atoms. The maximum absolute atomic E-state index is 13.0. The molecule has 0 aromatic rings. The second kappa shape index (κ2) is 9.28. The largest absolute Gasteiger partial charge is 0.462 e. The Morgan fingerprint density at radius 3 is 2.59 bits per heavy atom. The first kappa shape index (κ1) is 24.9. The van der Waals surface area contributed by atoms with Crippen LogP contribution in [-0.4, -0.2) is 41.1 Å². The lowest BCUT2D eigenvalue weighted by atomic mass is 9.59. The number of allylic oxidation sites excluding steroid dienone is 1. The number of carbonyl (C=O) groups is 3. The highest BCUT2D eigenvalue weighted by Crippen LogP contribution is 2.51. The van der Waals surface area contributed by atoms with E-state index < -0.39 is 11.5 Å². The zero-order valence-electron chi connectivity index (χ0n) is 20.5. The number of aliphatic hydroxyl groups is 1.